The van der Waals surface area contributed by atoms with E-state index in [-0.39, 0.29) is 6.03 Å². The lowest BCUT2D eigenvalue weighted by Gasteiger charge is -2.25. The van der Waals surface area contributed by atoms with Gasteiger partial charge in [0, 0.05) is 18.8 Å². The molecule has 1 aliphatic rings. The van der Waals surface area contributed by atoms with Gasteiger partial charge in [0.25, 0.3) is 0 Å². The van der Waals surface area contributed by atoms with E-state index in [4.69, 9.17) is 16.3 Å². The zero-order valence-corrected chi connectivity index (χ0v) is 11.8. The highest BCUT2D eigenvalue weighted by atomic mass is 35.5. The molecule has 2 amide bonds. The Morgan fingerprint density at radius 2 is 2.26 bits per heavy atom. The van der Waals surface area contributed by atoms with E-state index < -0.39 is 0 Å². The Balaban J connectivity index is 2.01. The average molecular weight is 281 g/mol. The largest absolute Gasteiger partial charge is 0.495 e. The van der Waals surface area contributed by atoms with Crippen molar-refractivity contribution < 1.29 is 9.53 Å². The number of amides is 2. The Morgan fingerprint density at radius 3 is 2.84 bits per heavy atom. The standard InChI is InChI=1S/C14H17ClN2O2/c1-10-5-7-17(8-6-10)14(18)16-11-3-4-13(19-2)12(15)9-11/h3-5,9H,6-8H2,1-2H3,(H,16,18). The first-order valence-electron chi connectivity index (χ1n) is 6.15. The first kappa shape index (κ1) is 13.7. The summed E-state index contributed by atoms with van der Waals surface area (Å²) in [6, 6.07) is 5.08. The lowest BCUT2D eigenvalue weighted by Crippen LogP contribution is -2.37. The molecule has 0 saturated carbocycles. The summed E-state index contributed by atoms with van der Waals surface area (Å²) in [5, 5.41) is 3.32. The summed E-state index contributed by atoms with van der Waals surface area (Å²) in [5.74, 6) is 0.594. The lowest BCUT2D eigenvalue weighted by atomic mass is 10.1. The topological polar surface area (TPSA) is 41.6 Å². The van der Waals surface area contributed by atoms with Gasteiger partial charge in [-0.2, -0.15) is 0 Å². The van der Waals surface area contributed by atoms with Gasteiger partial charge in [-0.1, -0.05) is 23.3 Å². The van der Waals surface area contributed by atoms with Crippen LogP contribution in [0.25, 0.3) is 0 Å². The van der Waals surface area contributed by atoms with Gasteiger partial charge in [0.15, 0.2) is 0 Å². The van der Waals surface area contributed by atoms with Crippen molar-refractivity contribution in [2.45, 2.75) is 13.3 Å². The summed E-state index contributed by atoms with van der Waals surface area (Å²) in [4.78, 5) is 13.8. The van der Waals surface area contributed by atoms with E-state index in [1.54, 1.807) is 30.2 Å². The Kier molecular flexibility index (Phi) is 4.32. The summed E-state index contributed by atoms with van der Waals surface area (Å²) in [5.41, 5.74) is 2.00. The van der Waals surface area contributed by atoms with Crippen LogP contribution in [0.4, 0.5) is 10.5 Å². The van der Waals surface area contributed by atoms with Crippen LogP contribution in [-0.2, 0) is 0 Å². The van der Waals surface area contributed by atoms with E-state index in [0.717, 1.165) is 13.0 Å². The number of nitrogens with one attached hydrogen (secondary N) is 1. The number of anilines is 1. The van der Waals surface area contributed by atoms with Gasteiger partial charge in [0.2, 0.25) is 0 Å². The number of nitrogens with zero attached hydrogens (tertiary/aromatic N) is 1. The first-order valence-corrected chi connectivity index (χ1v) is 6.53. The maximum atomic E-state index is 12.1. The minimum Gasteiger partial charge on any atom is -0.495 e. The second kappa shape index (κ2) is 5.97. The quantitative estimate of drug-likeness (QED) is 0.842. The summed E-state index contributed by atoms with van der Waals surface area (Å²) >= 11 is 6.02. The number of halogens is 1. The number of rotatable bonds is 2. The van der Waals surface area contributed by atoms with Crippen molar-refractivity contribution in [3.8, 4) is 5.75 Å². The molecule has 1 heterocycles. The van der Waals surface area contributed by atoms with E-state index in [2.05, 4.69) is 18.3 Å². The third-order valence-electron chi connectivity index (χ3n) is 3.13. The maximum absolute atomic E-state index is 12.1. The van der Waals surface area contributed by atoms with Gasteiger partial charge in [-0.15, -0.1) is 0 Å². The number of benzene rings is 1. The van der Waals surface area contributed by atoms with Crippen LogP contribution in [0.2, 0.25) is 5.02 Å². The molecule has 0 saturated heterocycles. The van der Waals surface area contributed by atoms with Gasteiger partial charge in [-0.05, 0) is 31.5 Å². The summed E-state index contributed by atoms with van der Waals surface area (Å²) in [7, 11) is 1.56. The van der Waals surface area contributed by atoms with E-state index >= 15 is 0 Å². The minimum absolute atomic E-state index is 0.106. The van der Waals surface area contributed by atoms with E-state index in [9.17, 15) is 4.79 Å². The molecule has 0 fully saturated rings. The van der Waals surface area contributed by atoms with Crippen LogP contribution in [0.1, 0.15) is 13.3 Å². The molecule has 0 radical (unpaired) electrons. The third kappa shape index (κ3) is 3.41. The number of urea groups is 1. The molecule has 0 spiro atoms. The molecule has 102 valence electrons. The van der Waals surface area contributed by atoms with Gasteiger partial charge in [-0.25, -0.2) is 4.79 Å². The number of methoxy groups -OCH3 is 1. The molecule has 0 unspecified atom stereocenters. The molecule has 4 nitrogen and oxygen atoms in total. The molecule has 0 atom stereocenters. The Labute approximate surface area is 118 Å². The maximum Gasteiger partial charge on any atom is 0.322 e. The number of ether oxygens (including phenoxy) is 1. The van der Waals surface area contributed by atoms with Crippen molar-refractivity contribution in [1.29, 1.82) is 0 Å². The van der Waals surface area contributed by atoms with Crippen molar-refractivity contribution in [1.82, 2.24) is 4.90 Å². The molecule has 0 aliphatic carbocycles. The SMILES string of the molecule is COc1ccc(NC(=O)N2CC=C(C)CC2)cc1Cl. The zero-order valence-electron chi connectivity index (χ0n) is 11.1. The third-order valence-corrected chi connectivity index (χ3v) is 3.42. The van der Waals surface area contributed by atoms with Crippen molar-refractivity contribution in [2.24, 2.45) is 0 Å². The predicted molar refractivity (Wildman–Crippen MR) is 77.0 cm³/mol. The second-order valence-corrected chi connectivity index (χ2v) is 4.93. The van der Waals surface area contributed by atoms with Crippen LogP contribution in [-0.4, -0.2) is 31.1 Å². The highest BCUT2D eigenvalue weighted by molar-refractivity contribution is 6.32. The Morgan fingerprint density at radius 1 is 1.47 bits per heavy atom. The van der Waals surface area contributed by atoms with Crippen molar-refractivity contribution in [3.63, 3.8) is 0 Å². The smallest absolute Gasteiger partial charge is 0.322 e. The van der Waals surface area contributed by atoms with Crippen LogP contribution < -0.4 is 10.1 Å². The zero-order chi connectivity index (χ0) is 13.8. The van der Waals surface area contributed by atoms with E-state index in [0.29, 0.717) is 23.0 Å². The van der Waals surface area contributed by atoms with Gasteiger partial charge < -0.3 is 15.0 Å². The summed E-state index contributed by atoms with van der Waals surface area (Å²) < 4.78 is 5.07. The van der Waals surface area contributed by atoms with Crippen molar-refractivity contribution >= 4 is 23.3 Å². The Hall–Kier alpha value is -1.68. The van der Waals surface area contributed by atoms with Gasteiger partial charge in [0.05, 0.1) is 12.1 Å². The van der Waals surface area contributed by atoms with E-state index in [1.807, 2.05) is 0 Å². The van der Waals surface area contributed by atoms with Crippen LogP contribution in [0, 0.1) is 0 Å². The van der Waals surface area contributed by atoms with Crippen LogP contribution >= 0.6 is 11.6 Å². The first-order chi connectivity index (χ1) is 9.10. The van der Waals surface area contributed by atoms with Gasteiger partial charge in [0.1, 0.15) is 5.75 Å². The van der Waals surface area contributed by atoms with Crippen molar-refractivity contribution in [3.05, 3.63) is 34.9 Å². The second-order valence-electron chi connectivity index (χ2n) is 4.53. The molecular formula is C14H17ClN2O2. The number of hydrogen-bond donors (Lipinski definition) is 1. The molecule has 2 rings (SSSR count). The molecular weight excluding hydrogens is 264 g/mol. The number of hydrogen-bond acceptors (Lipinski definition) is 2. The molecule has 1 N–H and O–H groups in total. The fourth-order valence-corrected chi connectivity index (χ4v) is 2.16. The summed E-state index contributed by atoms with van der Waals surface area (Å²) in [6.45, 7) is 3.48. The van der Waals surface area contributed by atoms with Crippen LogP contribution in [0.5, 0.6) is 5.75 Å². The van der Waals surface area contributed by atoms with Crippen LogP contribution in [0.3, 0.4) is 0 Å². The predicted octanol–water partition coefficient (Wildman–Crippen LogP) is 3.53. The number of carbonyl (C=O) groups is 1. The van der Waals surface area contributed by atoms with Crippen LogP contribution in [0.15, 0.2) is 29.8 Å². The molecule has 19 heavy (non-hydrogen) atoms. The monoisotopic (exact) mass is 280 g/mol. The molecule has 1 aliphatic heterocycles. The normalized spacial score (nSPS) is 14.9. The molecule has 0 aromatic heterocycles. The molecule has 1 aromatic rings. The van der Waals surface area contributed by atoms with Gasteiger partial charge in [-0.3, -0.25) is 0 Å². The van der Waals surface area contributed by atoms with Crippen molar-refractivity contribution in [2.75, 3.05) is 25.5 Å². The average Bonchev–Trinajstić information content (AvgIpc) is 2.39. The highest BCUT2D eigenvalue weighted by Crippen LogP contribution is 2.27. The number of carbonyl (C=O) groups excluding carboxylic acids is 1. The molecule has 1 aromatic carbocycles. The van der Waals surface area contributed by atoms with E-state index in [1.165, 1.54) is 5.57 Å². The highest BCUT2D eigenvalue weighted by Gasteiger charge is 2.16. The van der Waals surface area contributed by atoms with Gasteiger partial charge >= 0.3 is 6.03 Å². The fraction of sp³-hybridized carbons (Fsp3) is 0.357. The fourth-order valence-electron chi connectivity index (χ4n) is 1.90. The Bertz CT molecular complexity index is 514. The molecule has 5 heteroatoms. The lowest BCUT2D eigenvalue weighted by molar-refractivity contribution is 0.215. The minimum atomic E-state index is -0.106. The molecule has 0 bridgehead atoms. The summed E-state index contributed by atoms with van der Waals surface area (Å²) in [6.07, 6.45) is 3.00.